The van der Waals surface area contributed by atoms with E-state index in [1.165, 1.54) is 21.8 Å². The van der Waals surface area contributed by atoms with Gasteiger partial charge in [-0.2, -0.15) is 0 Å². The average Bonchev–Trinajstić information content (AvgIpc) is 3.54. The van der Waals surface area contributed by atoms with E-state index in [1.807, 2.05) is 36.4 Å². The van der Waals surface area contributed by atoms with Crippen molar-refractivity contribution in [1.82, 2.24) is 9.55 Å². The Morgan fingerprint density at radius 2 is 1.36 bits per heavy atom. The SMILES string of the molecule is CC(C)(C)N(c1ccc2c(c1)c1ccccc1n2-c1ccccc1)c1cccc2nc(-c3ccccc3)oc12. The van der Waals surface area contributed by atoms with E-state index < -0.39 is 0 Å². The van der Waals surface area contributed by atoms with Gasteiger partial charge in [-0.1, -0.05) is 60.7 Å². The highest BCUT2D eigenvalue weighted by Crippen LogP contribution is 2.42. The van der Waals surface area contributed by atoms with Crippen LogP contribution in [0, 0.1) is 0 Å². The molecular formula is C35H29N3O. The van der Waals surface area contributed by atoms with Crippen molar-refractivity contribution >= 4 is 44.3 Å². The lowest BCUT2D eigenvalue weighted by molar-refractivity contribution is 0.554. The highest BCUT2D eigenvalue weighted by Gasteiger charge is 2.28. The first-order chi connectivity index (χ1) is 19.0. The van der Waals surface area contributed by atoms with Crippen LogP contribution in [0.15, 0.2) is 126 Å². The molecule has 0 amide bonds. The summed E-state index contributed by atoms with van der Waals surface area (Å²) in [6.45, 7) is 6.70. The molecule has 2 heterocycles. The number of oxazole rings is 1. The van der Waals surface area contributed by atoms with Gasteiger partial charge < -0.3 is 13.9 Å². The summed E-state index contributed by atoms with van der Waals surface area (Å²) in [6, 6.07) is 42.3. The zero-order valence-corrected chi connectivity index (χ0v) is 22.3. The van der Waals surface area contributed by atoms with Crippen molar-refractivity contribution in [2.75, 3.05) is 4.90 Å². The molecule has 0 radical (unpaired) electrons. The van der Waals surface area contributed by atoms with Gasteiger partial charge in [0.2, 0.25) is 5.89 Å². The minimum absolute atomic E-state index is 0.223. The van der Waals surface area contributed by atoms with Crippen LogP contribution in [0.25, 0.3) is 50.0 Å². The molecule has 0 saturated heterocycles. The Balaban J connectivity index is 1.45. The van der Waals surface area contributed by atoms with Crippen LogP contribution in [-0.4, -0.2) is 15.1 Å². The second-order valence-corrected chi connectivity index (χ2v) is 10.9. The second kappa shape index (κ2) is 8.88. The molecule has 0 unspecified atom stereocenters. The number of para-hydroxylation sites is 3. The van der Waals surface area contributed by atoms with Gasteiger partial charge in [-0.25, -0.2) is 4.98 Å². The monoisotopic (exact) mass is 507 g/mol. The minimum Gasteiger partial charge on any atom is -0.434 e. The van der Waals surface area contributed by atoms with Crippen molar-refractivity contribution in [1.29, 1.82) is 0 Å². The van der Waals surface area contributed by atoms with Gasteiger partial charge in [-0.3, -0.25) is 0 Å². The zero-order valence-electron chi connectivity index (χ0n) is 22.3. The summed E-state index contributed by atoms with van der Waals surface area (Å²) >= 11 is 0. The van der Waals surface area contributed by atoms with Crippen LogP contribution in [0.1, 0.15) is 20.8 Å². The number of hydrogen-bond donors (Lipinski definition) is 0. The van der Waals surface area contributed by atoms with Gasteiger partial charge >= 0.3 is 0 Å². The van der Waals surface area contributed by atoms with Gasteiger partial charge in [0.15, 0.2) is 5.58 Å². The Morgan fingerprint density at radius 3 is 2.13 bits per heavy atom. The summed E-state index contributed by atoms with van der Waals surface area (Å²) in [6.07, 6.45) is 0. The number of fused-ring (bicyclic) bond motifs is 4. The van der Waals surface area contributed by atoms with Crippen LogP contribution >= 0.6 is 0 Å². The van der Waals surface area contributed by atoms with Crippen LogP contribution in [-0.2, 0) is 0 Å². The molecule has 5 aromatic carbocycles. The topological polar surface area (TPSA) is 34.2 Å². The van der Waals surface area contributed by atoms with Crippen molar-refractivity contribution in [3.05, 3.63) is 121 Å². The molecule has 0 spiro atoms. The van der Waals surface area contributed by atoms with E-state index in [1.54, 1.807) is 0 Å². The van der Waals surface area contributed by atoms with Gasteiger partial charge in [0.1, 0.15) is 5.52 Å². The molecule has 0 saturated carbocycles. The molecule has 7 rings (SSSR count). The Bertz CT molecular complexity index is 1940. The fraction of sp³-hybridized carbons (Fsp3) is 0.114. The summed E-state index contributed by atoms with van der Waals surface area (Å²) in [5.41, 5.74) is 8.03. The maximum absolute atomic E-state index is 6.45. The van der Waals surface area contributed by atoms with Crippen LogP contribution < -0.4 is 4.90 Å². The number of rotatable bonds is 4. The smallest absolute Gasteiger partial charge is 0.227 e. The number of anilines is 2. The Morgan fingerprint density at radius 1 is 0.667 bits per heavy atom. The lowest BCUT2D eigenvalue weighted by Gasteiger charge is -2.37. The van der Waals surface area contributed by atoms with E-state index in [4.69, 9.17) is 9.40 Å². The van der Waals surface area contributed by atoms with Gasteiger partial charge in [0.25, 0.3) is 0 Å². The molecular weight excluding hydrogens is 478 g/mol. The maximum atomic E-state index is 6.45. The third-order valence-corrected chi connectivity index (χ3v) is 7.26. The molecule has 190 valence electrons. The quantitative estimate of drug-likeness (QED) is 0.238. The molecule has 4 heteroatoms. The third kappa shape index (κ3) is 3.88. The predicted molar refractivity (Wildman–Crippen MR) is 162 cm³/mol. The van der Waals surface area contributed by atoms with Crippen molar-refractivity contribution in [3.8, 4) is 17.1 Å². The van der Waals surface area contributed by atoms with Crippen molar-refractivity contribution in [3.63, 3.8) is 0 Å². The van der Waals surface area contributed by atoms with E-state index in [2.05, 4.69) is 115 Å². The lowest BCUT2D eigenvalue weighted by atomic mass is 10.0. The fourth-order valence-corrected chi connectivity index (χ4v) is 5.66. The van der Waals surface area contributed by atoms with Crippen LogP contribution in [0.3, 0.4) is 0 Å². The van der Waals surface area contributed by atoms with Crippen LogP contribution in [0.2, 0.25) is 0 Å². The Hall–Kier alpha value is -4.83. The standard InChI is InChI=1S/C35H29N3O/c1-35(2,3)38(32-20-12-18-29-33(32)39-34(36-29)24-13-6-4-7-14-24)26-21-22-31-28(23-26)27-17-10-11-19-30(27)37(31)25-15-8-5-9-16-25/h4-23H,1-3H3. The van der Waals surface area contributed by atoms with Crippen molar-refractivity contribution in [2.24, 2.45) is 0 Å². The lowest BCUT2D eigenvalue weighted by Crippen LogP contribution is -2.37. The highest BCUT2D eigenvalue weighted by atomic mass is 16.3. The molecule has 2 aromatic heterocycles. The number of benzene rings is 5. The Kier molecular flexibility index (Phi) is 5.31. The summed E-state index contributed by atoms with van der Waals surface area (Å²) in [4.78, 5) is 7.20. The Labute approximate surface area is 227 Å². The first-order valence-corrected chi connectivity index (χ1v) is 13.3. The van der Waals surface area contributed by atoms with Gasteiger partial charge in [-0.05, 0) is 81.4 Å². The first-order valence-electron chi connectivity index (χ1n) is 13.3. The van der Waals surface area contributed by atoms with E-state index in [-0.39, 0.29) is 5.54 Å². The highest BCUT2D eigenvalue weighted by molar-refractivity contribution is 6.10. The summed E-state index contributed by atoms with van der Waals surface area (Å²) in [7, 11) is 0. The minimum atomic E-state index is -0.223. The summed E-state index contributed by atoms with van der Waals surface area (Å²) in [5.74, 6) is 0.633. The summed E-state index contributed by atoms with van der Waals surface area (Å²) < 4.78 is 8.79. The molecule has 4 nitrogen and oxygen atoms in total. The third-order valence-electron chi connectivity index (χ3n) is 7.26. The molecule has 0 aliphatic carbocycles. The predicted octanol–water partition coefficient (Wildman–Crippen LogP) is 9.53. The number of aromatic nitrogens is 2. The first kappa shape index (κ1) is 23.3. The van der Waals surface area contributed by atoms with Gasteiger partial charge in [0.05, 0.1) is 16.7 Å². The van der Waals surface area contributed by atoms with E-state index in [0.29, 0.717) is 5.89 Å². The number of nitrogens with zero attached hydrogens (tertiary/aromatic N) is 3. The molecule has 0 aliphatic heterocycles. The maximum Gasteiger partial charge on any atom is 0.227 e. The van der Waals surface area contributed by atoms with Gasteiger partial charge in [-0.15, -0.1) is 0 Å². The average molecular weight is 508 g/mol. The second-order valence-electron chi connectivity index (χ2n) is 10.9. The molecule has 0 aliphatic rings. The summed E-state index contributed by atoms with van der Waals surface area (Å²) in [5, 5.41) is 2.45. The van der Waals surface area contributed by atoms with Crippen LogP contribution in [0.4, 0.5) is 11.4 Å². The normalized spacial score (nSPS) is 12.0. The molecule has 0 fully saturated rings. The largest absolute Gasteiger partial charge is 0.434 e. The number of hydrogen-bond acceptors (Lipinski definition) is 3. The zero-order chi connectivity index (χ0) is 26.6. The van der Waals surface area contributed by atoms with E-state index in [9.17, 15) is 0 Å². The van der Waals surface area contributed by atoms with Crippen LogP contribution in [0.5, 0.6) is 0 Å². The van der Waals surface area contributed by atoms with Crippen molar-refractivity contribution in [2.45, 2.75) is 26.3 Å². The molecule has 0 bridgehead atoms. The van der Waals surface area contributed by atoms with Gasteiger partial charge in [0, 0.05) is 33.2 Å². The van der Waals surface area contributed by atoms with E-state index >= 15 is 0 Å². The van der Waals surface area contributed by atoms with Crippen molar-refractivity contribution < 1.29 is 4.42 Å². The van der Waals surface area contributed by atoms with E-state index in [0.717, 1.165) is 33.7 Å². The fourth-order valence-electron chi connectivity index (χ4n) is 5.66. The molecule has 0 N–H and O–H groups in total. The molecule has 39 heavy (non-hydrogen) atoms. The molecule has 0 atom stereocenters. The molecule has 7 aromatic rings.